The first kappa shape index (κ1) is 21.5. The highest BCUT2D eigenvalue weighted by Crippen LogP contribution is 2.14. The van der Waals surface area contributed by atoms with Crippen molar-refractivity contribution >= 4 is 28.4 Å². The van der Waals surface area contributed by atoms with Crippen molar-refractivity contribution in [3.8, 4) is 0 Å². The van der Waals surface area contributed by atoms with E-state index < -0.39 is 0 Å². The van der Waals surface area contributed by atoms with Crippen LogP contribution in [0.1, 0.15) is 16.8 Å². The van der Waals surface area contributed by atoms with Gasteiger partial charge in [0.2, 0.25) is 5.91 Å². The van der Waals surface area contributed by atoms with Gasteiger partial charge in [-0.2, -0.15) is 0 Å². The lowest BCUT2D eigenvalue weighted by Crippen LogP contribution is -2.35. The van der Waals surface area contributed by atoms with Crippen LogP contribution in [0.25, 0.3) is 10.9 Å². The Balaban J connectivity index is 1.50. The van der Waals surface area contributed by atoms with Gasteiger partial charge in [-0.15, -0.1) is 0 Å². The van der Waals surface area contributed by atoms with Crippen LogP contribution in [-0.4, -0.2) is 46.7 Å². The quantitative estimate of drug-likeness (QED) is 0.636. The van der Waals surface area contributed by atoms with Crippen LogP contribution >= 0.6 is 11.6 Å². The molecule has 1 N–H and O–H groups in total. The second kappa shape index (κ2) is 9.60. The molecule has 8 heteroatoms. The number of aromatic nitrogens is 2. The Morgan fingerprint density at radius 1 is 1.23 bits per heavy atom. The molecule has 1 aromatic carbocycles. The molecule has 162 valence electrons. The van der Waals surface area contributed by atoms with Crippen molar-refractivity contribution in [2.45, 2.75) is 19.5 Å². The maximum atomic E-state index is 13.1. The van der Waals surface area contributed by atoms with E-state index in [1.165, 1.54) is 0 Å². The molecule has 1 aliphatic rings. The van der Waals surface area contributed by atoms with Crippen LogP contribution < -0.4 is 10.7 Å². The van der Waals surface area contributed by atoms with E-state index in [1.54, 1.807) is 24.5 Å². The summed E-state index contributed by atoms with van der Waals surface area (Å²) in [7, 11) is 1.86. The number of nitrogens with zero attached hydrogens (tertiary/aromatic N) is 3. The molecule has 0 saturated carbocycles. The smallest absolute Gasteiger partial charge is 0.224 e. The molecule has 1 fully saturated rings. The lowest BCUT2D eigenvalue weighted by molar-refractivity contribution is -0.120. The Hall–Kier alpha value is -2.74. The largest absolute Gasteiger partial charge is 0.379 e. The SMILES string of the molecule is Cn1cc(CC(=O)NCc2ccc(Cl)cc2)c(=O)c2cc(CN3CCOCC3)ncc21. The average Bonchev–Trinajstić information content (AvgIpc) is 2.77. The van der Waals surface area contributed by atoms with Gasteiger partial charge in [0.05, 0.1) is 37.0 Å². The lowest BCUT2D eigenvalue weighted by Gasteiger charge is -2.26. The van der Waals surface area contributed by atoms with Gasteiger partial charge in [-0.05, 0) is 23.8 Å². The molecule has 3 heterocycles. The number of halogens is 1. The van der Waals surface area contributed by atoms with Gasteiger partial charge < -0.3 is 14.6 Å². The number of ether oxygens (including phenoxy) is 1. The number of rotatable bonds is 6. The fraction of sp³-hybridized carbons (Fsp3) is 0.348. The molecule has 1 saturated heterocycles. The summed E-state index contributed by atoms with van der Waals surface area (Å²) in [5.41, 5.74) is 2.88. The zero-order valence-electron chi connectivity index (χ0n) is 17.4. The minimum atomic E-state index is -0.200. The van der Waals surface area contributed by atoms with Crippen LogP contribution in [0.3, 0.4) is 0 Å². The molecule has 7 nitrogen and oxygen atoms in total. The highest BCUT2D eigenvalue weighted by molar-refractivity contribution is 6.30. The highest BCUT2D eigenvalue weighted by Gasteiger charge is 2.15. The Morgan fingerprint density at radius 3 is 2.71 bits per heavy atom. The minimum absolute atomic E-state index is 0.0251. The van der Waals surface area contributed by atoms with Gasteiger partial charge in [0.25, 0.3) is 0 Å². The number of hydrogen-bond acceptors (Lipinski definition) is 5. The third-order valence-electron chi connectivity index (χ3n) is 5.45. The van der Waals surface area contributed by atoms with Gasteiger partial charge in [-0.25, -0.2) is 0 Å². The topological polar surface area (TPSA) is 76.5 Å². The molecule has 0 atom stereocenters. The number of morpholine rings is 1. The van der Waals surface area contributed by atoms with Gasteiger partial charge in [-0.3, -0.25) is 19.5 Å². The van der Waals surface area contributed by atoms with Crippen molar-refractivity contribution in [3.63, 3.8) is 0 Å². The molecule has 3 aromatic rings. The van der Waals surface area contributed by atoms with Crippen molar-refractivity contribution in [2.24, 2.45) is 7.05 Å². The molecular weight excluding hydrogens is 416 g/mol. The first-order valence-corrected chi connectivity index (χ1v) is 10.7. The summed E-state index contributed by atoms with van der Waals surface area (Å²) in [6.07, 6.45) is 3.48. The number of carbonyl (C=O) groups excluding carboxylic acids is 1. The monoisotopic (exact) mass is 440 g/mol. The zero-order chi connectivity index (χ0) is 21.8. The minimum Gasteiger partial charge on any atom is -0.379 e. The first-order chi connectivity index (χ1) is 15.0. The van der Waals surface area contributed by atoms with Gasteiger partial charge in [-0.1, -0.05) is 23.7 Å². The van der Waals surface area contributed by atoms with E-state index in [-0.39, 0.29) is 17.8 Å². The predicted octanol–water partition coefficient (Wildman–Crippen LogP) is 2.28. The first-order valence-electron chi connectivity index (χ1n) is 10.3. The lowest BCUT2D eigenvalue weighted by atomic mass is 10.1. The molecule has 0 unspecified atom stereocenters. The van der Waals surface area contributed by atoms with E-state index in [1.807, 2.05) is 29.8 Å². The molecule has 1 aliphatic heterocycles. The number of amides is 1. The van der Waals surface area contributed by atoms with Gasteiger partial charge in [0.15, 0.2) is 5.43 Å². The van der Waals surface area contributed by atoms with E-state index in [4.69, 9.17) is 16.3 Å². The van der Waals surface area contributed by atoms with Crippen LogP contribution in [0, 0.1) is 0 Å². The van der Waals surface area contributed by atoms with E-state index in [9.17, 15) is 9.59 Å². The summed E-state index contributed by atoms with van der Waals surface area (Å²) in [4.78, 5) is 32.4. The van der Waals surface area contributed by atoms with Gasteiger partial charge in [0.1, 0.15) is 0 Å². The Bertz CT molecular complexity index is 1140. The second-order valence-electron chi connectivity index (χ2n) is 7.76. The summed E-state index contributed by atoms with van der Waals surface area (Å²) in [6, 6.07) is 9.14. The predicted molar refractivity (Wildman–Crippen MR) is 120 cm³/mol. The molecule has 0 radical (unpaired) electrons. The maximum absolute atomic E-state index is 13.1. The standard InChI is InChI=1S/C23H25ClN4O3/c1-27-14-17(10-22(29)26-12-16-2-4-18(24)5-3-16)23(30)20-11-19(25-13-21(20)27)15-28-6-8-31-9-7-28/h2-5,11,13-14H,6-10,12,15H2,1H3,(H,26,29). The molecule has 0 bridgehead atoms. The summed E-state index contributed by atoms with van der Waals surface area (Å²) in [5.74, 6) is -0.200. The number of pyridine rings is 2. The maximum Gasteiger partial charge on any atom is 0.224 e. The number of carbonyl (C=O) groups is 1. The average molecular weight is 441 g/mol. The van der Waals surface area contributed by atoms with E-state index >= 15 is 0 Å². The van der Waals surface area contributed by atoms with Crippen molar-refractivity contribution in [3.05, 3.63) is 74.8 Å². The number of benzene rings is 1. The molecular formula is C23H25ClN4O3. The van der Waals surface area contributed by atoms with Crippen LogP contribution in [0.4, 0.5) is 0 Å². The number of aryl methyl sites for hydroxylation is 1. The van der Waals surface area contributed by atoms with Crippen molar-refractivity contribution in [1.29, 1.82) is 0 Å². The third kappa shape index (κ3) is 5.31. The van der Waals surface area contributed by atoms with Crippen molar-refractivity contribution in [2.75, 3.05) is 26.3 Å². The van der Waals surface area contributed by atoms with Crippen LogP contribution in [0.5, 0.6) is 0 Å². The fourth-order valence-corrected chi connectivity index (χ4v) is 3.85. The fourth-order valence-electron chi connectivity index (χ4n) is 3.73. The van der Waals surface area contributed by atoms with Crippen LogP contribution in [0.2, 0.25) is 5.02 Å². The molecule has 0 spiro atoms. The van der Waals surface area contributed by atoms with E-state index in [2.05, 4.69) is 15.2 Å². The number of hydrogen-bond donors (Lipinski definition) is 1. The summed E-state index contributed by atoms with van der Waals surface area (Å²) < 4.78 is 7.24. The van der Waals surface area contributed by atoms with E-state index in [0.717, 1.165) is 29.9 Å². The second-order valence-corrected chi connectivity index (χ2v) is 8.19. The summed E-state index contributed by atoms with van der Waals surface area (Å²) in [6.45, 7) is 4.19. The molecule has 0 aliphatic carbocycles. The Labute approximate surface area is 185 Å². The third-order valence-corrected chi connectivity index (χ3v) is 5.70. The van der Waals surface area contributed by atoms with Crippen molar-refractivity contribution < 1.29 is 9.53 Å². The Morgan fingerprint density at radius 2 is 1.97 bits per heavy atom. The summed E-state index contributed by atoms with van der Waals surface area (Å²) in [5, 5.41) is 4.10. The molecule has 2 aromatic heterocycles. The van der Waals surface area contributed by atoms with E-state index in [0.29, 0.717) is 42.3 Å². The highest BCUT2D eigenvalue weighted by atomic mass is 35.5. The molecule has 31 heavy (non-hydrogen) atoms. The molecule has 4 rings (SSSR count). The normalized spacial score (nSPS) is 14.6. The molecule has 1 amide bonds. The van der Waals surface area contributed by atoms with Crippen LogP contribution in [0.15, 0.2) is 47.5 Å². The van der Waals surface area contributed by atoms with Crippen LogP contribution in [-0.2, 0) is 36.1 Å². The number of nitrogens with one attached hydrogen (secondary N) is 1. The number of fused-ring (bicyclic) bond motifs is 1. The Kier molecular flexibility index (Phi) is 6.65. The summed E-state index contributed by atoms with van der Waals surface area (Å²) >= 11 is 5.89. The van der Waals surface area contributed by atoms with Crippen molar-refractivity contribution in [1.82, 2.24) is 19.8 Å². The van der Waals surface area contributed by atoms with Gasteiger partial charge >= 0.3 is 0 Å². The van der Waals surface area contributed by atoms with Gasteiger partial charge in [0, 0.05) is 55.4 Å². The zero-order valence-corrected chi connectivity index (χ0v) is 18.2.